The van der Waals surface area contributed by atoms with Crippen LogP contribution in [0.15, 0.2) is 0 Å². The van der Waals surface area contributed by atoms with E-state index in [-0.39, 0.29) is 18.0 Å². The minimum atomic E-state index is -0.594. The molecular formula is C8H14N2O3. The van der Waals surface area contributed by atoms with Gasteiger partial charge in [-0.1, -0.05) is 0 Å². The van der Waals surface area contributed by atoms with Crippen molar-refractivity contribution >= 4 is 11.9 Å². The highest BCUT2D eigenvalue weighted by Gasteiger charge is 2.33. The normalized spacial score (nSPS) is 29.6. The molecule has 5 nitrogen and oxygen atoms in total. The molecular weight excluding hydrogens is 172 g/mol. The van der Waals surface area contributed by atoms with Gasteiger partial charge in [-0.25, -0.2) is 4.79 Å². The van der Waals surface area contributed by atoms with Crippen molar-refractivity contribution in [1.29, 1.82) is 0 Å². The van der Waals surface area contributed by atoms with Crippen LogP contribution < -0.4 is 11.1 Å². The van der Waals surface area contributed by atoms with Gasteiger partial charge >= 0.3 is 5.97 Å². The molecule has 3 unspecified atom stereocenters. The smallest absolute Gasteiger partial charge is 0.329 e. The molecule has 1 amide bonds. The van der Waals surface area contributed by atoms with Crippen molar-refractivity contribution in [2.75, 3.05) is 0 Å². The zero-order valence-corrected chi connectivity index (χ0v) is 7.74. The molecule has 3 N–H and O–H groups in total. The van der Waals surface area contributed by atoms with E-state index < -0.39 is 12.1 Å². The van der Waals surface area contributed by atoms with Crippen LogP contribution in [0.3, 0.4) is 0 Å². The van der Waals surface area contributed by atoms with Crippen LogP contribution in [-0.4, -0.2) is 30.1 Å². The topological polar surface area (TPSA) is 81.4 Å². The molecule has 74 valence electrons. The lowest BCUT2D eigenvalue weighted by Gasteiger charge is -2.10. The predicted molar refractivity (Wildman–Crippen MR) is 45.8 cm³/mol. The van der Waals surface area contributed by atoms with Crippen molar-refractivity contribution in [3.05, 3.63) is 0 Å². The summed E-state index contributed by atoms with van der Waals surface area (Å²) in [6, 6.07) is -1.11. The van der Waals surface area contributed by atoms with E-state index in [2.05, 4.69) is 5.32 Å². The summed E-state index contributed by atoms with van der Waals surface area (Å²) >= 11 is 0. The van der Waals surface area contributed by atoms with Gasteiger partial charge in [-0.15, -0.1) is 0 Å². The van der Waals surface area contributed by atoms with E-state index in [1.165, 1.54) is 0 Å². The molecule has 5 heteroatoms. The van der Waals surface area contributed by atoms with Crippen LogP contribution in [0.1, 0.15) is 20.3 Å². The third-order valence-electron chi connectivity index (χ3n) is 1.90. The molecule has 1 saturated heterocycles. The first-order valence-electron chi connectivity index (χ1n) is 4.27. The fourth-order valence-corrected chi connectivity index (χ4v) is 1.18. The summed E-state index contributed by atoms with van der Waals surface area (Å²) in [6.07, 6.45) is 0.406. The second-order valence-corrected chi connectivity index (χ2v) is 3.33. The maximum Gasteiger partial charge on any atom is 0.329 e. The van der Waals surface area contributed by atoms with Crippen molar-refractivity contribution in [3.63, 3.8) is 0 Å². The Bertz CT molecular complexity index is 227. The van der Waals surface area contributed by atoms with Gasteiger partial charge in [0.2, 0.25) is 5.91 Å². The second kappa shape index (κ2) is 3.74. The Kier molecular flexibility index (Phi) is 2.87. The van der Waals surface area contributed by atoms with Crippen molar-refractivity contribution in [3.8, 4) is 0 Å². The Morgan fingerprint density at radius 2 is 2.38 bits per heavy atom. The van der Waals surface area contributed by atoms with Crippen LogP contribution >= 0.6 is 0 Å². The molecule has 1 fully saturated rings. The number of hydrogen-bond donors (Lipinski definition) is 2. The van der Waals surface area contributed by atoms with Gasteiger partial charge in [-0.2, -0.15) is 0 Å². The number of rotatable bonds is 2. The van der Waals surface area contributed by atoms with Crippen LogP contribution in [0, 0.1) is 0 Å². The highest BCUT2D eigenvalue weighted by molar-refractivity contribution is 5.87. The fourth-order valence-electron chi connectivity index (χ4n) is 1.18. The van der Waals surface area contributed by atoms with E-state index in [1.54, 1.807) is 13.8 Å². The Labute approximate surface area is 76.6 Å². The van der Waals surface area contributed by atoms with Crippen LogP contribution in [0.5, 0.6) is 0 Å². The summed E-state index contributed by atoms with van der Waals surface area (Å²) in [6.45, 7) is 3.36. The number of carbonyl (C=O) groups is 2. The van der Waals surface area contributed by atoms with Crippen molar-refractivity contribution in [2.45, 2.75) is 38.5 Å². The van der Waals surface area contributed by atoms with E-state index in [4.69, 9.17) is 10.5 Å². The molecule has 0 radical (unpaired) electrons. The zero-order chi connectivity index (χ0) is 10.0. The lowest BCUT2D eigenvalue weighted by atomic mass is 10.2. The predicted octanol–water partition coefficient (Wildman–Crippen LogP) is -0.846. The van der Waals surface area contributed by atoms with Gasteiger partial charge in [0.05, 0.1) is 6.04 Å². The molecule has 0 spiro atoms. The Hall–Kier alpha value is -1.10. The third-order valence-corrected chi connectivity index (χ3v) is 1.90. The zero-order valence-electron chi connectivity index (χ0n) is 7.74. The summed E-state index contributed by atoms with van der Waals surface area (Å²) in [4.78, 5) is 22.2. The number of cyclic esters (lactones) is 1. The number of carbonyl (C=O) groups excluding carboxylic acids is 2. The standard InChI is InChI=1S/C8H14N2O3/c1-4-3-6(8(12)13-4)10-7(11)5(2)9/h4-6H,3,9H2,1-2H3,(H,10,11). The summed E-state index contributed by atoms with van der Waals surface area (Å²) in [5.41, 5.74) is 5.33. The van der Waals surface area contributed by atoms with Crippen LogP contribution in [0.25, 0.3) is 0 Å². The van der Waals surface area contributed by atoms with Gasteiger partial charge in [0.25, 0.3) is 0 Å². The highest BCUT2D eigenvalue weighted by Crippen LogP contribution is 2.13. The molecule has 0 saturated carbocycles. The summed E-state index contributed by atoms with van der Waals surface area (Å²) in [7, 11) is 0. The highest BCUT2D eigenvalue weighted by atomic mass is 16.6. The maximum absolute atomic E-state index is 11.1. The third kappa shape index (κ3) is 2.42. The molecule has 0 bridgehead atoms. The van der Waals surface area contributed by atoms with Gasteiger partial charge in [0, 0.05) is 6.42 Å². The second-order valence-electron chi connectivity index (χ2n) is 3.33. The maximum atomic E-state index is 11.1. The van der Waals surface area contributed by atoms with Gasteiger partial charge in [0.1, 0.15) is 12.1 Å². The fraction of sp³-hybridized carbons (Fsp3) is 0.750. The number of nitrogens with two attached hydrogens (primary N) is 1. The molecule has 1 aliphatic rings. The average molecular weight is 186 g/mol. The van der Waals surface area contributed by atoms with E-state index in [0.717, 1.165) is 0 Å². The lowest BCUT2D eigenvalue weighted by Crippen LogP contribution is -2.45. The Morgan fingerprint density at radius 3 is 2.77 bits per heavy atom. The van der Waals surface area contributed by atoms with Gasteiger partial charge in [0.15, 0.2) is 0 Å². The minimum absolute atomic E-state index is 0.120. The monoisotopic (exact) mass is 186 g/mol. The van der Waals surface area contributed by atoms with Crippen LogP contribution in [-0.2, 0) is 14.3 Å². The summed E-state index contributed by atoms with van der Waals surface area (Å²) < 4.78 is 4.86. The average Bonchev–Trinajstić information content (AvgIpc) is 2.30. The summed E-state index contributed by atoms with van der Waals surface area (Å²) in [5.74, 6) is -0.697. The molecule has 1 rings (SSSR count). The lowest BCUT2D eigenvalue weighted by molar-refractivity contribution is -0.143. The number of esters is 1. The Balaban J connectivity index is 2.46. The first-order chi connectivity index (χ1) is 6.00. The van der Waals surface area contributed by atoms with Crippen molar-refractivity contribution < 1.29 is 14.3 Å². The number of ether oxygens (including phenoxy) is 1. The van der Waals surface area contributed by atoms with Crippen LogP contribution in [0.2, 0.25) is 0 Å². The largest absolute Gasteiger partial charge is 0.461 e. The number of hydrogen-bond acceptors (Lipinski definition) is 4. The summed E-state index contributed by atoms with van der Waals surface area (Å²) in [5, 5.41) is 2.52. The molecule has 3 atom stereocenters. The quantitative estimate of drug-likeness (QED) is 0.550. The van der Waals surface area contributed by atoms with Gasteiger partial charge in [-0.05, 0) is 13.8 Å². The molecule has 0 aromatic rings. The first kappa shape index (κ1) is 9.98. The van der Waals surface area contributed by atoms with Gasteiger partial charge in [-0.3, -0.25) is 4.79 Å². The minimum Gasteiger partial charge on any atom is -0.461 e. The molecule has 0 aromatic carbocycles. The molecule has 1 heterocycles. The molecule has 13 heavy (non-hydrogen) atoms. The van der Waals surface area contributed by atoms with Crippen molar-refractivity contribution in [1.82, 2.24) is 5.32 Å². The molecule has 0 aromatic heterocycles. The SMILES string of the molecule is CC1CC(NC(=O)C(C)N)C(=O)O1. The van der Waals surface area contributed by atoms with E-state index in [0.29, 0.717) is 6.42 Å². The number of amides is 1. The Morgan fingerprint density at radius 1 is 1.77 bits per heavy atom. The van der Waals surface area contributed by atoms with E-state index >= 15 is 0 Å². The van der Waals surface area contributed by atoms with Crippen molar-refractivity contribution in [2.24, 2.45) is 5.73 Å². The van der Waals surface area contributed by atoms with Gasteiger partial charge < -0.3 is 15.8 Å². The first-order valence-corrected chi connectivity index (χ1v) is 4.27. The molecule has 1 aliphatic heterocycles. The van der Waals surface area contributed by atoms with Crippen LogP contribution in [0.4, 0.5) is 0 Å². The van der Waals surface area contributed by atoms with E-state index in [1.807, 2.05) is 0 Å². The molecule has 0 aliphatic carbocycles. The van der Waals surface area contributed by atoms with E-state index in [9.17, 15) is 9.59 Å². The number of nitrogens with one attached hydrogen (secondary N) is 1.